The second kappa shape index (κ2) is 5.72. The molecular formula is C23H21N3O2. The Morgan fingerprint density at radius 1 is 1.04 bits per heavy atom. The van der Waals surface area contributed by atoms with Crippen molar-refractivity contribution in [3.05, 3.63) is 64.8 Å². The number of aliphatic hydroxyl groups is 1. The number of carbonyl (C=O) groups is 1. The van der Waals surface area contributed by atoms with Gasteiger partial charge in [0.1, 0.15) is 5.84 Å². The lowest BCUT2D eigenvalue weighted by Crippen LogP contribution is -2.48. The molecule has 0 spiro atoms. The molecule has 2 aromatic carbocycles. The van der Waals surface area contributed by atoms with E-state index in [0.29, 0.717) is 30.1 Å². The molecule has 1 atom stereocenters. The Morgan fingerprint density at radius 3 is 2.64 bits per heavy atom. The number of anilines is 1. The summed E-state index contributed by atoms with van der Waals surface area (Å²) in [7, 11) is 0. The molecule has 5 rings (SSSR count). The Kier molecular flexibility index (Phi) is 3.49. The number of pyridine rings is 1. The summed E-state index contributed by atoms with van der Waals surface area (Å²) in [4.78, 5) is 24.4. The third kappa shape index (κ3) is 2.33. The number of hydrogen-bond acceptors (Lipinski definition) is 5. The average Bonchev–Trinajstić information content (AvgIpc) is 3.01. The lowest BCUT2D eigenvalue weighted by atomic mass is 9.86. The first kappa shape index (κ1) is 17.1. The molecule has 0 bridgehead atoms. The molecule has 1 fully saturated rings. The number of aromatic nitrogens is 1. The number of carbonyl (C=O) groups excluding carboxylic acids is 1. The van der Waals surface area contributed by atoms with Gasteiger partial charge in [-0.05, 0) is 68.3 Å². The summed E-state index contributed by atoms with van der Waals surface area (Å²) in [5.41, 5.74) is 4.51. The van der Waals surface area contributed by atoms with Crippen molar-refractivity contribution in [3.8, 4) is 0 Å². The molecule has 1 unspecified atom stereocenters. The summed E-state index contributed by atoms with van der Waals surface area (Å²) >= 11 is 0. The van der Waals surface area contributed by atoms with Gasteiger partial charge in [-0.15, -0.1) is 0 Å². The number of Topliss-reactive ketones (excluding diaryl/α,β-unsaturated/α-hetero) is 1. The number of aliphatic imine (C=N–C) groups is 1. The van der Waals surface area contributed by atoms with Crippen LogP contribution in [0.2, 0.25) is 0 Å². The highest BCUT2D eigenvalue weighted by molar-refractivity contribution is 6.28. The Labute approximate surface area is 163 Å². The van der Waals surface area contributed by atoms with Crippen LogP contribution in [-0.4, -0.2) is 33.9 Å². The van der Waals surface area contributed by atoms with Gasteiger partial charge in [0.15, 0.2) is 5.60 Å². The van der Waals surface area contributed by atoms with Gasteiger partial charge in [-0.25, -0.2) is 4.99 Å². The van der Waals surface area contributed by atoms with Crippen LogP contribution >= 0.6 is 0 Å². The van der Waals surface area contributed by atoms with Gasteiger partial charge >= 0.3 is 0 Å². The van der Waals surface area contributed by atoms with E-state index in [1.807, 2.05) is 68.1 Å². The molecule has 1 saturated heterocycles. The number of hydrogen-bond donors (Lipinski definition) is 1. The van der Waals surface area contributed by atoms with Crippen molar-refractivity contribution >= 4 is 33.9 Å². The summed E-state index contributed by atoms with van der Waals surface area (Å²) in [6.07, 6.45) is 0.335. The number of ketones is 1. The van der Waals surface area contributed by atoms with E-state index in [9.17, 15) is 9.90 Å². The summed E-state index contributed by atoms with van der Waals surface area (Å²) in [5, 5.41) is 12.3. The normalized spacial score (nSPS) is 20.9. The lowest BCUT2D eigenvalue weighted by Gasteiger charge is -2.30. The topological polar surface area (TPSA) is 65.8 Å². The summed E-state index contributed by atoms with van der Waals surface area (Å²) < 4.78 is 0. The Balaban J connectivity index is 1.65. The third-order valence-corrected chi connectivity index (χ3v) is 5.91. The molecule has 3 aromatic rings. The summed E-state index contributed by atoms with van der Waals surface area (Å²) in [6.45, 7) is 6.49. The average molecular weight is 371 g/mol. The van der Waals surface area contributed by atoms with Gasteiger partial charge in [0.05, 0.1) is 11.2 Å². The maximum atomic E-state index is 13.1. The smallest absolute Gasteiger partial charge is 0.204 e. The van der Waals surface area contributed by atoms with Crippen molar-refractivity contribution in [3.63, 3.8) is 0 Å². The molecular weight excluding hydrogens is 350 g/mol. The Bertz CT molecular complexity index is 1200. The predicted molar refractivity (Wildman–Crippen MR) is 111 cm³/mol. The predicted octanol–water partition coefficient (Wildman–Crippen LogP) is 4.03. The van der Waals surface area contributed by atoms with E-state index in [0.717, 1.165) is 33.4 Å². The molecule has 0 aliphatic carbocycles. The lowest BCUT2D eigenvalue weighted by molar-refractivity contribution is 0.0602. The monoisotopic (exact) mass is 371 g/mol. The van der Waals surface area contributed by atoms with Crippen molar-refractivity contribution in [1.82, 2.24) is 4.98 Å². The minimum absolute atomic E-state index is 0.254. The zero-order chi connectivity index (χ0) is 19.6. The molecule has 5 nitrogen and oxygen atoms in total. The maximum Gasteiger partial charge on any atom is 0.204 e. The van der Waals surface area contributed by atoms with Crippen LogP contribution in [0.3, 0.4) is 0 Å². The maximum absolute atomic E-state index is 13.1. The highest BCUT2D eigenvalue weighted by Gasteiger charge is 2.52. The molecule has 0 saturated carbocycles. The molecule has 0 amide bonds. The highest BCUT2D eigenvalue weighted by Crippen LogP contribution is 2.40. The standard InChI is InChI=1S/C23H21N3O2/c1-13-10-18-20(11-14(13)2)25-22-23(28,21(18)27)8-9-26(22)17-6-7-19-16(12-17)5-4-15(3)24-19/h4-7,10-12,28H,8-9H2,1-3H3. The van der Waals surface area contributed by atoms with E-state index >= 15 is 0 Å². The van der Waals surface area contributed by atoms with E-state index < -0.39 is 5.60 Å². The quantitative estimate of drug-likeness (QED) is 0.701. The van der Waals surface area contributed by atoms with Crippen molar-refractivity contribution in [2.75, 3.05) is 11.4 Å². The van der Waals surface area contributed by atoms with Crippen LogP contribution in [0.15, 0.2) is 47.5 Å². The van der Waals surface area contributed by atoms with Crippen LogP contribution in [-0.2, 0) is 0 Å². The zero-order valence-corrected chi connectivity index (χ0v) is 16.2. The SMILES string of the molecule is Cc1ccc2cc(N3CCC4(O)C(=O)c5cc(C)c(C)cc5N=C34)ccc2n1. The van der Waals surface area contributed by atoms with Crippen LogP contribution < -0.4 is 4.90 Å². The molecule has 140 valence electrons. The molecule has 2 aliphatic rings. The van der Waals surface area contributed by atoms with Crippen LogP contribution in [0, 0.1) is 20.8 Å². The second-order valence-electron chi connectivity index (χ2n) is 7.81. The first-order chi connectivity index (χ1) is 13.4. The van der Waals surface area contributed by atoms with E-state index in [4.69, 9.17) is 4.99 Å². The Hall–Kier alpha value is -3.05. The van der Waals surface area contributed by atoms with E-state index in [1.165, 1.54) is 0 Å². The largest absolute Gasteiger partial charge is 0.374 e. The van der Waals surface area contributed by atoms with Crippen molar-refractivity contribution < 1.29 is 9.90 Å². The molecule has 1 N–H and O–H groups in total. The van der Waals surface area contributed by atoms with Crippen LogP contribution in [0.1, 0.15) is 33.6 Å². The van der Waals surface area contributed by atoms with Crippen molar-refractivity contribution in [1.29, 1.82) is 0 Å². The molecule has 0 radical (unpaired) electrons. The van der Waals surface area contributed by atoms with Gasteiger partial charge in [-0.3, -0.25) is 9.78 Å². The van der Waals surface area contributed by atoms with Gasteiger partial charge in [0.25, 0.3) is 0 Å². The molecule has 3 heterocycles. The number of rotatable bonds is 1. The van der Waals surface area contributed by atoms with E-state index in [-0.39, 0.29) is 5.78 Å². The summed E-state index contributed by atoms with van der Waals surface area (Å²) in [5.74, 6) is 0.170. The number of fused-ring (bicyclic) bond motifs is 3. The first-order valence-corrected chi connectivity index (χ1v) is 9.49. The van der Waals surface area contributed by atoms with Gasteiger partial charge in [0.2, 0.25) is 5.78 Å². The summed E-state index contributed by atoms with van der Waals surface area (Å²) in [6, 6.07) is 13.8. The number of benzene rings is 2. The van der Waals surface area contributed by atoms with Gasteiger partial charge < -0.3 is 10.0 Å². The van der Waals surface area contributed by atoms with Gasteiger partial charge in [-0.2, -0.15) is 0 Å². The number of amidine groups is 1. The van der Waals surface area contributed by atoms with Crippen LogP contribution in [0.4, 0.5) is 11.4 Å². The van der Waals surface area contributed by atoms with Gasteiger partial charge in [-0.1, -0.05) is 6.07 Å². The van der Waals surface area contributed by atoms with Gasteiger partial charge in [0, 0.05) is 35.3 Å². The van der Waals surface area contributed by atoms with Crippen LogP contribution in [0.5, 0.6) is 0 Å². The number of nitrogens with zero attached hydrogens (tertiary/aromatic N) is 3. The van der Waals surface area contributed by atoms with E-state index in [2.05, 4.69) is 4.98 Å². The molecule has 28 heavy (non-hydrogen) atoms. The first-order valence-electron chi connectivity index (χ1n) is 9.49. The fourth-order valence-corrected chi connectivity index (χ4v) is 4.13. The third-order valence-electron chi connectivity index (χ3n) is 5.91. The second-order valence-corrected chi connectivity index (χ2v) is 7.81. The fraction of sp³-hybridized carbons (Fsp3) is 0.261. The number of aryl methyl sites for hydroxylation is 3. The zero-order valence-electron chi connectivity index (χ0n) is 16.2. The molecule has 5 heteroatoms. The van der Waals surface area contributed by atoms with Crippen molar-refractivity contribution in [2.45, 2.75) is 32.8 Å². The van der Waals surface area contributed by atoms with Crippen LogP contribution in [0.25, 0.3) is 10.9 Å². The Morgan fingerprint density at radius 2 is 1.82 bits per heavy atom. The van der Waals surface area contributed by atoms with E-state index in [1.54, 1.807) is 0 Å². The minimum atomic E-state index is -1.56. The molecule has 2 aliphatic heterocycles. The van der Waals surface area contributed by atoms with Crippen molar-refractivity contribution in [2.24, 2.45) is 4.99 Å². The highest BCUT2D eigenvalue weighted by atomic mass is 16.3. The molecule has 1 aromatic heterocycles. The minimum Gasteiger partial charge on any atom is -0.374 e. The fourth-order valence-electron chi connectivity index (χ4n) is 4.13.